The van der Waals surface area contributed by atoms with Gasteiger partial charge < -0.3 is 24.1 Å². The quantitative estimate of drug-likeness (QED) is 0.430. The maximum absolute atomic E-state index is 10.4. The molecule has 0 aromatic carbocycles. The standard InChI is InChI=1S/C6H8O.C4H8O.C4H9.ClH.Mg/c7-6-4-2-1-3-5-6;1-2-3-4-5;1-3-4-2;;/h2,4H,1,3,5H2;4H,2-3H2,1H3;1,3-4H2,2H3;1H;/q;;-1;;+2/p-1. The summed E-state index contributed by atoms with van der Waals surface area (Å²) in [6.07, 6.45) is 11.4. The van der Waals surface area contributed by atoms with Crippen LogP contribution in [0.4, 0.5) is 0 Å². The molecule has 4 heteroatoms. The van der Waals surface area contributed by atoms with Gasteiger partial charge in [0.1, 0.15) is 6.29 Å². The van der Waals surface area contributed by atoms with E-state index in [-0.39, 0.29) is 41.2 Å². The summed E-state index contributed by atoms with van der Waals surface area (Å²) < 4.78 is 0. The second-order valence-electron chi connectivity index (χ2n) is 3.57. The number of halogens is 1. The summed E-state index contributed by atoms with van der Waals surface area (Å²) in [6.45, 7) is 7.70. The molecule has 0 fully saturated rings. The number of rotatable bonds is 3. The van der Waals surface area contributed by atoms with Crippen molar-refractivity contribution in [3.8, 4) is 0 Å². The molecule has 0 heterocycles. The van der Waals surface area contributed by atoms with Gasteiger partial charge in [0.05, 0.1) is 0 Å². The fraction of sp³-hybridized carbons (Fsp3) is 0.643. The van der Waals surface area contributed by atoms with Gasteiger partial charge >= 0.3 is 23.1 Å². The number of unbranched alkanes of at least 4 members (excludes halogenated alkanes) is 2. The van der Waals surface area contributed by atoms with Crippen LogP contribution in [0.5, 0.6) is 0 Å². The van der Waals surface area contributed by atoms with E-state index in [1.54, 1.807) is 6.08 Å². The second-order valence-corrected chi connectivity index (χ2v) is 3.57. The SMILES string of the molecule is CCCC=O.O=C1C=CCCC1.[CH2-]CCC.[Cl-].[Mg+2]. The van der Waals surface area contributed by atoms with Gasteiger partial charge in [-0.1, -0.05) is 26.3 Å². The molecule has 1 aliphatic carbocycles. The molecular formula is C14H25ClMgO2. The van der Waals surface area contributed by atoms with E-state index in [1.807, 2.05) is 13.0 Å². The van der Waals surface area contributed by atoms with Crippen molar-refractivity contribution in [1.29, 1.82) is 0 Å². The average Bonchev–Trinajstić information content (AvgIpc) is 2.32. The van der Waals surface area contributed by atoms with Gasteiger partial charge in [-0.25, -0.2) is 0 Å². The number of hydrogen-bond acceptors (Lipinski definition) is 2. The van der Waals surface area contributed by atoms with Crippen LogP contribution in [-0.2, 0) is 9.59 Å². The third-order valence-electron chi connectivity index (χ3n) is 1.86. The van der Waals surface area contributed by atoms with Crippen LogP contribution in [0.2, 0.25) is 0 Å². The molecule has 0 atom stereocenters. The zero-order valence-electron chi connectivity index (χ0n) is 11.8. The van der Waals surface area contributed by atoms with Crippen LogP contribution in [-0.4, -0.2) is 35.1 Å². The fourth-order valence-electron chi connectivity index (χ4n) is 0.810. The van der Waals surface area contributed by atoms with E-state index in [9.17, 15) is 9.59 Å². The molecular weight excluding hydrogens is 260 g/mol. The Balaban J connectivity index is -0.0000000811. The number of hydrogen-bond donors (Lipinski definition) is 0. The van der Waals surface area contributed by atoms with Crippen LogP contribution >= 0.6 is 0 Å². The topological polar surface area (TPSA) is 34.1 Å². The minimum absolute atomic E-state index is 0. The van der Waals surface area contributed by atoms with Crippen LogP contribution in [0.25, 0.3) is 0 Å². The van der Waals surface area contributed by atoms with E-state index in [0.717, 1.165) is 38.4 Å². The Morgan fingerprint density at radius 1 is 1.33 bits per heavy atom. The van der Waals surface area contributed by atoms with Crippen molar-refractivity contribution in [3.63, 3.8) is 0 Å². The molecule has 0 aliphatic heterocycles. The molecule has 2 nitrogen and oxygen atoms in total. The Hall–Kier alpha value is 0.136. The molecule has 0 saturated carbocycles. The van der Waals surface area contributed by atoms with E-state index < -0.39 is 0 Å². The van der Waals surface area contributed by atoms with Gasteiger partial charge in [-0.2, -0.15) is 6.42 Å². The Morgan fingerprint density at radius 2 is 1.89 bits per heavy atom. The van der Waals surface area contributed by atoms with Crippen molar-refractivity contribution in [3.05, 3.63) is 19.1 Å². The fourth-order valence-corrected chi connectivity index (χ4v) is 0.810. The van der Waals surface area contributed by atoms with E-state index in [2.05, 4.69) is 13.8 Å². The zero-order chi connectivity index (χ0) is 12.6. The Labute approximate surface area is 135 Å². The molecule has 0 bridgehead atoms. The van der Waals surface area contributed by atoms with Crippen molar-refractivity contribution in [1.82, 2.24) is 0 Å². The third kappa shape index (κ3) is 29.8. The predicted molar refractivity (Wildman–Crippen MR) is 75.0 cm³/mol. The molecule has 102 valence electrons. The van der Waals surface area contributed by atoms with Gasteiger partial charge in [0, 0.05) is 12.8 Å². The van der Waals surface area contributed by atoms with Gasteiger partial charge in [-0.05, 0) is 25.3 Å². The Bertz CT molecular complexity index is 192. The van der Waals surface area contributed by atoms with E-state index in [0.29, 0.717) is 6.42 Å². The van der Waals surface area contributed by atoms with Crippen molar-refractivity contribution >= 4 is 35.1 Å². The molecule has 1 aliphatic rings. The summed E-state index contributed by atoms with van der Waals surface area (Å²) in [5.41, 5.74) is 0. The van der Waals surface area contributed by atoms with Gasteiger partial charge in [0.25, 0.3) is 0 Å². The normalized spacial score (nSPS) is 11.6. The molecule has 18 heavy (non-hydrogen) atoms. The monoisotopic (exact) mass is 284 g/mol. The van der Waals surface area contributed by atoms with Gasteiger partial charge in [0.2, 0.25) is 0 Å². The number of carbonyl (C=O) groups is 2. The molecule has 0 amide bonds. The summed E-state index contributed by atoms with van der Waals surface area (Å²) in [6, 6.07) is 0. The molecule has 0 saturated heterocycles. The molecule has 0 unspecified atom stereocenters. The Kier molecular flexibility index (Phi) is 38.3. The predicted octanol–water partition coefficient (Wildman–Crippen LogP) is 0.525. The summed E-state index contributed by atoms with van der Waals surface area (Å²) in [5.74, 6) is 0.284. The van der Waals surface area contributed by atoms with Crippen LogP contribution < -0.4 is 12.4 Å². The molecule has 0 radical (unpaired) electrons. The number of allylic oxidation sites excluding steroid dienone is 2. The first-order chi connectivity index (χ1) is 7.72. The molecule has 0 aromatic heterocycles. The first kappa shape index (κ1) is 26.7. The van der Waals surface area contributed by atoms with Crippen molar-refractivity contribution in [2.75, 3.05) is 0 Å². The van der Waals surface area contributed by atoms with Crippen molar-refractivity contribution in [2.45, 2.75) is 58.8 Å². The molecule has 0 spiro atoms. The Morgan fingerprint density at radius 3 is 2.00 bits per heavy atom. The van der Waals surface area contributed by atoms with Gasteiger partial charge in [0.15, 0.2) is 5.78 Å². The molecule has 0 aromatic rings. The van der Waals surface area contributed by atoms with Gasteiger partial charge in [-0.15, -0.1) is 0 Å². The van der Waals surface area contributed by atoms with Crippen LogP contribution in [0, 0.1) is 6.92 Å². The van der Waals surface area contributed by atoms with Crippen molar-refractivity contribution in [2.24, 2.45) is 0 Å². The van der Waals surface area contributed by atoms with Crippen molar-refractivity contribution < 1.29 is 22.0 Å². The molecule has 1 rings (SSSR count). The van der Waals surface area contributed by atoms with E-state index in [1.165, 1.54) is 6.42 Å². The summed E-state index contributed by atoms with van der Waals surface area (Å²) in [4.78, 5) is 19.8. The average molecular weight is 285 g/mol. The van der Waals surface area contributed by atoms with Crippen LogP contribution in [0.1, 0.15) is 58.8 Å². The zero-order valence-corrected chi connectivity index (χ0v) is 14.0. The maximum Gasteiger partial charge on any atom is 2.00 e. The number of aldehydes is 1. The smallest absolute Gasteiger partial charge is 1.00 e. The minimum Gasteiger partial charge on any atom is -1.00 e. The largest absolute Gasteiger partial charge is 2.00 e. The number of ketones is 1. The first-order valence-corrected chi connectivity index (χ1v) is 6.15. The second kappa shape index (κ2) is 25.9. The van der Waals surface area contributed by atoms with Crippen LogP contribution in [0.3, 0.4) is 0 Å². The summed E-state index contributed by atoms with van der Waals surface area (Å²) >= 11 is 0. The van der Waals surface area contributed by atoms with E-state index in [4.69, 9.17) is 0 Å². The maximum atomic E-state index is 10.4. The first-order valence-electron chi connectivity index (χ1n) is 6.15. The molecule has 0 N–H and O–H groups in total. The van der Waals surface area contributed by atoms with Gasteiger partial charge in [-0.3, -0.25) is 4.79 Å². The minimum atomic E-state index is 0. The summed E-state index contributed by atoms with van der Waals surface area (Å²) in [7, 11) is 0. The summed E-state index contributed by atoms with van der Waals surface area (Å²) in [5, 5.41) is 0. The third-order valence-corrected chi connectivity index (χ3v) is 1.86. The van der Waals surface area contributed by atoms with Crippen LogP contribution in [0.15, 0.2) is 12.2 Å². The number of carbonyl (C=O) groups excluding carboxylic acids is 2. The van der Waals surface area contributed by atoms with E-state index >= 15 is 0 Å².